The van der Waals surface area contributed by atoms with Crippen LogP contribution in [0.3, 0.4) is 0 Å². The molecule has 2 N–H and O–H groups in total. The summed E-state index contributed by atoms with van der Waals surface area (Å²) in [6.07, 6.45) is 15.0. The first kappa shape index (κ1) is 16.0. The highest BCUT2D eigenvalue weighted by molar-refractivity contribution is 5.93. The first-order valence-electron chi connectivity index (χ1n) is 9.00. The lowest BCUT2D eigenvalue weighted by Crippen LogP contribution is -2.33. The fourth-order valence-corrected chi connectivity index (χ4v) is 3.49. The Labute approximate surface area is 138 Å². The van der Waals surface area contributed by atoms with E-state index in [0.29, 0.717) is 11.7 Å². The van der Waals surface area contributed by atoms with Crippen LogP contribution in [-0.2, 0) is 0 Å². The third kappa shape index (κ3) is 4.81. The van der Waals surface area contributed by atoms with Crippen molar-refractivity contribution in [2.24, 2.45) is 0 Å². The van der Waals surface area contributed by atoms with Gasteiger partial charge in [0.05, 0.1) is 0 Å². The summed E-state index contributed by atoms with van der Waals surface area (Å²) in [4.78, 5) is 16.5. The zero-order valence-electron chi connectivity index (χ0n) is 13.8. The molecular formula is C19H27N3O. The number of allylic oxidation sites excluding steroid dienone is 1. The van der Waals surface area contributed by atoms with Crippen molar-refractivity contribution in [1.29, 1.82) is 0 Å². The molecule has 3 rings (SSSR count). The average Bonchev–Trinajstić information content (AvgIpc) is 3.09. The molecule has 0 aromatic carbocycles. The molecule has 1 amide bonds. The summed E-state index contributed by atoms with van der Waals surface area (Å²) in [6, 6.07) is 4.13. The summed E-state index contributed by atoms with van der Waals surface area (Å²) in [5.41, 5.74) is 3.06. The van der Waals surface area contributed by atoms with E-state index in [0.717, 1.165) is 31.5 Å². The molecule has 0 bridgehead atoms. The normalized spacial score (nSPS) is 18.5. The van der Waals surface area contributed by atoms with Crippen molar-refractivity contribution < 1.29 is 4.79 Å². The molecule has 4 heteroatoms. The number of carbonyl (C=O) groups is 1. The Morgan fingerprint density at radius 2 is 2.09 bits per heavy atom. The lowest BCUT2D eigenvalue weighted by Gasteiger charge is -2.14. The van der Waals surface area contributed by atoms with Gasteiger partial charge in [-0.05, 0) is 57.1 Å². The number of aromatic nitrogens is 1. The summed E-state index contributed by atoms with van der Waals surface area (Å²) in [6.45, 7) is 0.916. The van der Waals surface area contributed by atoms with Crippen LogP contribution < -0.4 is 10.6 Å². The number of hydrogen-bond acceptors (Lipinski definition) is 3. The number of anilines is 1. The second-order valence-corrected chi connectivity index (χ2v) is 6.67. The molecule has 1 saturated carbocycles. The van der Waals surface area contributed by atoms with Gasteiger partial charge >= 0.3 is 0 Å². The van der Waals surface area contributed by atoms with Crippen LogP contribution in [-0.4, -0.2) is 23.5 Å². The number of nitrogens with zero attached hydrogens (tertiary/aromatic N) is 1. The lowest BCUT2D eigenvalue weighted by atomic mass is 9.97. The summed E-state index contributed by atoms with van der Waals surface area (Å²) < 4.78 is 0. The minimum Gasteiger partial charge on any atom is -0.385 e. The molecule has 1 heterocycles. The summed E-state index contributed by atoms with van der Waals surface area (Å²) in [5, 5.41) is 6.51. The SMILES string of the molecule is O=C(NC1CCCC1)c1cc(NCCC2=CCCCC2)ccn1. The van der Waals surface area contributed by atoms with Gasteiger partial charge in [-0.3, -0.25) is 9.78 Å². The molecule has 1 fully saturated rings. The fourth-order valence-electron chi connectivity index (χ4n) is 3.49. The summed E-state index contributed by atoms with van der Waals surface area (Å²) in [5.74, 6) is -0.0458. The Balaban J connectivity index is 1.50. The highest BCUT2D eigenvalue weighted by Crippen LogP contribution is 2.20. The van der Waals surface area contributed by atoms with Gasteiger partial charge in [-0.25, -0.2) is 0 Å². The second kappa shape index (κ2) is 8.14. The Morgan fingerprint density at radius 1 is 1.22 bits per heavy atom. The molecule has 0 saturated heterocycles. The van der Waals surface area contributed by atoms with E-state index in [1.54, 1.807) is 11.8 Å². The zero-order valence-corrected chi connectivity index (χ0v) is 13.8. The smallest absolute Gasteiger partial charge is 0.270 e. The topological polar surface area (TPSA) is 54.0 Å². The minimum absolute atomic E-state index is 0.0458. The lowest BCUT2D eigenvalue weighted by molar-refractivity contribution is 0.0933. The maximum atomic E-state index is 12.3. The molecular weight excluding hydrogens is 286 g/mol. The molecule has 0 spiro atoms. The molecule has 23 heavy (non-hydrogen) atoms. The largest absolute Gasteiger partial charge is 0.385 e. The number of pyridine rings is 1. The van der Waals surface area contributed by atoms with Gasteiger partial charge in [-0.15, -0.1) is 0 Å². The maximum absolute atomic E-state index is 12.3. The van der Waals surface area contributed by atoms with E-state index in [2.05, 4.69) is 21.7 Å². The maximum Gasteiger partial charge on any atom is 0.270 e. The van der Waals surface area contributed by atoms with Crippen LogP contribution in [0, 0.1) is 0 Å². The Hall–Kier alpha value is -1.84. The van der Waals surface area contributed by atoms with Crippen LogP contribution in [0.1, 0.15) is 68.3 Å². The quantitative estimate of drug-likeness (QED) is 0.779. The van der Waals surface area contributed by atoms with E-state index in [-0.39, 0.29) is 5.91 Å². The van der Waals surface area contributed by atoms with Crippen molar-refractivity contribution in [3.05, 3.63) is 35.7 Å². The molecule has 0 atom stereocenters. The number of carbonyl (C=O) groups excluding carboxylic acids is 1. The van der Waals surface area contributed by atoms with Gasteiger partial charge < -0.3 is 10.6 Å². The van der Waals surface area contributed by atoms with Gasteiger partial charge in [0.1, 0.15) is 5.69 Å². The van der Waals surface area contributed by atoms with Crippen molar-refractivity contribution in [2.75, 3.05) is 11.9 Å². The Bertz CT molecular complexity index is 561. The molecule has 0 unspecified atom stereocenters. The third-order valence-corrected chi connectivity index (χ3v) is 4.84. The van der Waals surface area contributed by atoms with E-state index in [9.17, 15) is 4.79 Å². The minimum atomic E-state index is -0.0458. The van der Waals surface area contributed by atoms with Gasteiger partial charge in [0.25, 0.3) is 5.91 Å². The number of amides is 1. The average molecular weight is 313 g/mol. The van der Waals surface area contributed by atoms with E-state index in [4.69, 9.17) is 0 Å². The third-order valence-electron chi connectivity index (χ3n) is 4.84. The van der Waals surface area contributed by atoms with Gasteiger partial charge in [-0.2, -0.15) is 0 Å². The Morgan fingerprint density at radius 3 is 2.87 bits per heavy atom. The molecule has 124 valence electrons. The number of nitrogens with one attached hydrogen (secondary N) is 2. The van der Waals surface area contributed by atoms with Crippen molar-refractivity contribution in [3.8, 4) is 0 Å². The summed E-state index contributed by atoms with van der Waals surface area (Å²) >= 11 is 0. The predicted molar refractivity (Wildman–Crippen MR) is 93.6 cm³/mol. The molecule has 1 aromatic heterocycles. The molecule has 0 radical (unpaired) electrons. The van der Waals surface area contributed by atoms with Gasteiger partial charge in [0, 0.05) is 24.5 Å². The van der Waals surface area contributed by atoms with Crippen molar-refractivity contribution in [1.82, 2.24) is 10.3 Å². The number of hydrogen-bond donors (Lipinski definition) is 2. The van der Waals surface area contributed by atoms with Crippen molar-refractivity contribution in [2.45, 2.75) is 63.8 Å². The zero-order chi connectivity index (χ0) is 15.9. The molecule has 0 aliphatic heterocycles. The van der Waals surface area contributed by atoms with Crippen LogP contribution in [0.15, 0.2) is 30.0 Å². The van der Waals surface area contributed by atoms with Crippen LogP contribution >= 0.6 is 0 Å². The van der Waals surface area contributed by atoms with E-state index < -0.39 is 0 Å². The molecule has 2 aliphatic carbocycles. The van der Waals surface area contributed by atoms with Gasteiger partial charge in [-0.1, -0.05) is 24.5 Å². The standard InChI is InChI=1S/C19H27N3O/c23-19(22-16-8-4-5-9-16)18-14-17(11-13-21-18)20-12-10-15-6-2-1-3-7-15/h6,11,13-14,16H,1-5,7-10,12H2,(H,20,21)(H,22,23). The van der Waals surface area contributed by atoms with Gasteiger partial charge in [0.2, 0.25) is 0 Å². The monoisotopic (exact) mass is 313 g/mol. The van der Waals surface area contributed by atoms with Crippen LogP contribution in [0.25, 0.3) is 0 Å². The predicted octanol–water partition coefficient (Wildman–Crippen LogP) is 4.06. The molecule has 4 nitrogen and oxygen atoms in total. The molecule has 2 aliphatic rings. The van der Waals surface area contributed by atoms with Crippen molar-refractivity contribution in [3.63, 3.8) is 0 Å². The first-order valence-corrected chi connectivity index (χ1v) is 9.00. The van der Waals surface area contributed by atoms with E-state index >= 15 is 0 Å². The highest BCUT2D eigenvalue weighted by Gasteiger charge is 2.18. The second-order valence-electron chi connectivity index (χ2n) is 6.67. The van der Waals surface area contributed by atoms with Crippen LogP contribution in [0.4, 0.5) is 5.69 Å². The Kier molecular flexibility index (Phi) is 5.67. The number of rotatable bonds is 6. The molecule has 1 aromatic rings. The van der Waals surface area contributed by atoms with Crippen LogP contribution in [0.2, 0.25) is 0 Å². The van der Waals surface area contributed by atoms with E-state index in [1.165, 1.54) is 38.5 Å². The fraction of sp³-hybridized carbons (Fsp3) is 0.579. The van der Waals surface area contributed by atoms with Crippen molar-refractivity contribution >= 4 is 11.6 Å². The van der Waals surface area contributed by atoms with Gasteiger partial charge in [0.15, 0.2) is 0 Å². The van der Waals surface area contributed by atoms with Crippen LogP contribution in [0.5, 0.6) is 0 Å². The summed E-state index contributed by atoms with van der Waals surface area (Å²) in [7, 11) is 0. The highest BCUT2D eigenvalue weighted by atomic mass is 16.1. The first-order chi connectivity index (χ1) is 11.3. The van der Waals surface area contributed by atoms with E-state index in [1.807, 2.05) is 12.1 Å².